The molecule has 248 valence electrons. The number of fused-ring (bicyclic) bond motifs is 1. The molecular weight excluding hydrogens is 747 g/mol. The Kier molecular flexibility index (Phi) is 10.3. The Hall–Kier alpha value is -4.60. The number of rotatable bonds is 10. The van der Waals surface area contributed by atoms with E-state index < -0.39 is 33.4 Å². The molecule has 13 heteroatoms. The van der Waals surface area contributed by atoms with Gasteiger partial charge in [-0.2, -0.15) is 8.42 Å². The van der Waals surface area contributed by atoms with Crippen LogP contribution in [0.3, 0.4) is 0 Å². The first-order chi connectivity index (χ1) is 22.9. The van der Waals surface area contributed by atoms with Gasteiger partial charge in [0.1, 0.15) is 5.57 Å². The second-order valence-electron chi connectivity index (χ2n) is 11.5. The first-order valence-corrected chi connectivity index (χ1v) is 18.0. The number of benzene rings is 3. The van der Waals surface area contributed by atoms with Gasteiger partial charge in [-0.25, -0.2) is 14.6 Å². The summed E-state index contributed by atoms with van der Waals surface area (Å²) in [4.78, 5) is 56.3. The third-order valence-electron chi connectivity index (χ3n) is 8.07. The normalized spacial score (nSPS) is 17.0. The van der Waals surface area contributed by atoms with Gasteiger partial charge in [0.05, 0.1) is 20.7 Å². The largest absolute Gasteiger partial charge is 0.355 e. The quantitative estimate of drug-likeness (QED) is 0.0682. The maximum Gasteiger partial charge on any atom is 0.343 e. The number of carbonyl (C=O) groups is 4. The van der Waals surface area contributed by atoms with E-state index in [0.717, 1.165) is 21.2 Å². The lowest BCUT2D eigenvalue weighted by Crippen LogP contribution is -2.57. The summed E-state index contributed by atoms with van der Waals surface area (Å²) in [7, 11) is -4.44. The predicted molar refractivity (Wildman–Crippen MR) is 192 cm³/mol. The summed E-state index contributed by atoms with van der Waals surface area (Å²) in [5.41, 5.74) is 1.92. The second-order valence-corrected chi connectivity index (χ2v) is 13.7. The molecule has 3 aromatic carbocycles. The van der Waals surface area contributed by atoms with Gasteiger partial charge < -0.3 is 10.2 Å². The molecule has 2 aliphatic heterocycles. The van der Waals surface area contributed by atoms with Gasteiger partial charge in [-0.3, -0.25) is 18.9 Å². The lowest BCUT2D eigenvalue weighted by Gasteiger charge is -2.33. The number of nitrogens with one attached hydrogen (secondary N) is 1. The highest BCUT2D eigenvalue weighted by atomic mass is 127. The molecular formula is C35H33IN4O7S. The van der Waals surface area contributed by atoms with Gasteiger partial charge in [-0.05, 0) is 66.6 Å². The number of anilines is 3. The van der Waals surface area contributed by atoms with Gasteiger partial charge >= 0.3 is 6.03 Å². The van der Waals surface area contributed by atoms with Crippen molar-refractivity contribution in [1.29, 1.82) is 0 Å². The third kappa shape index (κ3) is 6.98. The Labute approximate surface area is 292 Å². The topological polar surface area (TPSA) is 144 Å². The van der Waals surface area contributed by atoms with Crippen LogP contribution in [0.5, 0.6) is 0 Å². The number of amides is 5. The minimum atomic E-state index is -4.44. The molecule has 2 aliphatic rings. The first kappa shape index (κ1) is 34.7. The molecule has 5 amide bonds. The molecule has 48 heavy (non-hydrogen) atoms. The van der Waals surface area contributed by atoms with Crippen molar-refractivity contribution >= 4 is 73.5 Å². The van der Waals surface area contributed by atoms with Crippen LogP contribution >= 0.6 is 22.6 Å². The van der Waals surface area contributed by atoms with Gasteiger partial charge in [0.25, 0.3) is 21.9 Å². The monoisotopic (exact) mass is 780 g/mol. The SMILES string of the molecule is CC1(C)/C(=C\C=C\C=C2C(=O)N(c3ccccc3)C(=O)N(c3ccccc3)C2=O)N(CCCNC(=O)CI)c2ccc(S(=O)(=O)O)cc21. The molecule has 0 radical (unpaired) electrons. The number of imide groups is 2. The molecule has 0 saturated carbocycles. The smallest absolute Gasteiger partial charge is 0.343 e. The number of barbiturate groups is 1. The molecule has 0 bridgehead atoms. The van der Waals surface area contributed by atoms with Gasteiger partial charge in [0, 0.05) is 29.9 Å². The van der Waals surface area contributed by atoms with Crippen LogP contribution in [-0.4, -0.2) is 54.2 Å². The maximum absolute atomic E-state index is 13.6. The zero-order chi connectivity index (χ0) is 34.6. The van der Waals surface area contributed by atoms with Crippen LogP contribution in [-0.2, 0) is 29.9 Å². The summed E-state index contributed by atoms with van der Waals surface area (Å²) in [5, 5.41) is 2.85. The van der Waals surface area contributed by atoms with Crippen molar-refractivity contribution in [1.82, 2.24) is 5.32 Å². The summed E-state index contributed by atoms with van der Waals surface area (Å²) >= 11 is 1.99. The minimum Gasteiger partial charge on any atom is -0.355 e. The summed E-state index contributed by atoms with van der Waals surface area (Å²) in [5.74, 6) is -1.60. The Morgan fingerprint density at radius 3 is 1.98 bits per heavy atom. The van der Waals surface area contributed by atoms with Crippen molar-refractivity contribution in [2.75, 3.05) is 32.2 Å². The summed E-state index contributed by atoms with van der Waals surface area (Å²) in [6.07, 6.45) is 6.98. The standard InChI is InChI=1S/C35H33IN4O7S/c1-35(2)28-22-26(48(45,46)47)18-19-29(28)38(21-11-20-37-31(41)23-36)30(35)17-10-9-16-27-32(42)39(24-12-5-3-6-13-24)34(44)40(33(27)43)25-14-7-4-8-15-25/h3-10,12-19,22H,11,20-21,23H2,1-2H3,(H,37,41)(H,45,46,47)/b10-9+,30-17+. The lowest BCUT2D eigenvalue weighted by atomic mass is 9.83. The van der Waals surface area contributed by atoms with E-state index in [9.17, 15) is 32.1 Å². The van der Waals surface area contributed by atoms with E-state index in [1.807, 2.05) is 41.3 Å². The number of alkyl halides is 1. The van der Waals surface area contributed by atoms with Crippen molar-refractivity contribution in [3.05, 3.63) is 120 Å². The maximum atomic E-state index is 13.6. The summed E-state index contributed by atoms with van der Waals surface area (Å²) in [6, 6.07) is 20.4. The van der Waals surface area contributed by atoms with Crippen molar-refractivity contribution in [3.8, 4) is 0 Å². The third-order valence-corrected chi connectivity index (χ3v) is 9.61. The van der Waals surface area contributed by atoms with E-state index in [4.69, 9.17) is 0 Å². The average molecular weight is 781 g/mol. The van der Waals surface area contributed by atoms with E-state index in [2.05, 4.69) is 5.32 Å². The molecule has 11 nitrogen and oxygen atoms in total. The molecule has 1 fully saturated rings. The fourth-order valence-electron chi connectivity index (χ4n) is 5.72. The number of urea groups is 1. The van der Waals surface area contributed by atoms with Crippen molar-refractivity contribution in [2.45, 2.75) is 30.6 Å². The van der Waals surface area contributed by atoms with Crippen LogP contribution in [0.4, 0.5) is 21.9 Å². The molecule has 0 atom stereocenters. The lowest BCUT2D eigenvalue weighted by molar-refractivity contribution is -0.121. The van der Waals surface area contributed by atoms with Crippen LogP contribution < -0.4 is 20.0 Å². The van der Waals surface area contributed by atoms with Crippen LogP contribution in [0.15, 0.2) is 119 Å². The number of para-hydroxylation sites is 2. The Bertz CT molecular complexity index is 1900. The molecule has 2 N–H and O–H groups in total. The van der Waals surface area contributed by atoms with E-state index in [1.165, 1.54) is 18.2 Å². The number of hydrogen-bond donors (Lipinski definition) is 2. The molecule has 0 unspecified atom stereocenters. The van der Waals surface area contributed by atoms with E-state index >= 15 is 0 Å². The zero-order valence-electron chi connectivity index (χ0n) is 26.2. The number of carbonyl (C=O) groups excluding carboxylic acids is 4. The molecule has 0 aromatic heterocycles. The van der Waals surface area contributed by atoms with Gasteiger partial charge in [-0.1, -0.05) is 85.0 Å². The van der Waals surface area contributed by atoms with Crippen LogP contribution in [0.25, 0.3) is 0 Å². The number of allylic oxidation sites excluding steroid dienone is 5. The van der Waals surface area contributed by atoms with Crippen LogP contribution in [0, 0.1) is 0 Å². The fourth-order valence-corrected chi connectivity index (χ4v) is 6.50. The highest BCUT2D eigenvalue weighted by Crippen LogP contribution is 2.48. The number of hydrogen-bond acceptors (Lipinski definition) is 7. The van der Waals surface area contributed by atoms with Gasteiger partial charge in [0.2, 0.25) is 5.91 Å². The average Bonchev–Trinajstić information content (AvgIpc) is 3.27. The highest BCUT2D eigenvalue weighted by Gasteiger charge is 2.44. The van der Waals surface area contributed by atoms with Gasteiger partial charge in [-0.15, -0.1) is 0 Å². The molecule has 0 aliphatic carbocycles. The molecule has 0 spiro atoms. The second kappa shape index (κ2) is 14.3. The molecule has 1 saturated heterocycles. The zero-order valence-corrected chi connectivity index (χ0v) is 29.1. The van der Waals surface area contributed by atoms with Gasteiger partial charge in [0.15, 0.2) is 0 Å². The van der Waals surface area contributed by atoms with Crippen molar-refractivity contribution < 1.29 is 32.1 Å². The Balaban J connectivity index is 1.51. The number of halogens is 1. The minimum absolute atomic E-state index is 0.0764. The van der Waals surface area contributed by atoms with Crippen LogP contribution in [0.2, 0.25) is 0 Å². The summed E-state index contributed by atoms with van der Waals surface area (Å²) in [6.45, 7) is 4.77. The first-order valence-electron chi connectivity index (χ1n) is 15.0. The molecule has 3 aromatic rings. The molecule has 5 rings (SSSR count). The predicted octanol–water partition coefficient (Wildman–Crippen LogP) is 5.54. The number of nitrogens with zero attached hydrogens (tertiary/aromatic N) is 3. The van der Waals surface area contributed by atoms with Crippen LogP contribution in [0.1, 0.15) is 25.8 Å². The van der Waals surface area contributed by atoms with Crippen molar-refractivity contribution in [3.63, 3.8) is 0 Å². The van der Waals surface area contributed by atoms with E-state index in [-0.39, 0.29) is 16.4 Å². The van der Waals surface area contributed by atoms with Crippen molar-refractivity contribution in [2.24, 2.45) is 0 Å². The van der Waals surface area contributed by atoms with E-state index in [0.29, 0.717) is 40.9 Å². The highest BCUT2D eigenvalue weighted by molar-refractivity contribution is 14.1. The van der Waals surface area contributed by atoms with E-state index in [1.54, 1.807) is 85.0 Å². The summed E-state index contributed by atoms with van der Waals surface area (Å²) < 4.78 is 34.0. The Morgan fingerprint density at radius 2 is 1.44 bits per heavy atom. The fraction of sp³-hybridized carbons (Fsp3) is 0.200. The Morgan fingerprint density at radius 1 is 0.875 bits per heavy atom. The molecule has 2 heterocycles.